The third-order valence-corrected chi connectivity index (χ3v) is 3.44. The maximum absolute atomic E-state index is 3.58. The molecule has 1 fully saturated rings. The lowest BCUT2D eigenvalue weighted by Gasteiger charge is -2.13. The summed E-state index contributed by atoms with van der Waals surface area (Å²) in [4.78, 5) is 0. The van der Waals surface area contributed by atoms with Gasteiger partial charge in [0.05, 0.1) is 0 Å². The summed E-state index contributed by atoms with van der Waals surface area (Å²) in [5.41, 5.74) is 1.24. The summed E-state index contributed by atoms with van der Waals surface area (Å²) < 4.78 is 1.14. The molecule has 0 amide bonds. The van der Waals surface area contributed by atoms with Crippen molar-refractivity contribution in [3.63, 3.8) is 0 Å². The molecular formula is C12H16BrN. The fourth-order valence-corrected chi connectivity index (χ4v) is 2.38. The second-order valence-electron chi connectivity index (χ2n) is 4.27. The molecule has 0 heterocycles. The number of hydrogen-bond donors (Lipinski definition) is 1. The van der Waals surface area contributed by atoms with Crippen molar-refractivity contribution in [3.8, 4) is 0 Å². The van der Waals surface area contributed by atoms with Gasteiger partial charge in [-0.05, 0) is 49.4 Å². The quantitative estimate of drug-likeness (QED) is 0.839. The van der Waals surface area contributed by atoms with Gasteiger partial charge in [-0.15, -0.1) is 0 Å². The van der Waals surface area contributed by atoms with Crippen LogP contribution in [0.25, 0.3) is 0 Å². The Kier molecular flexibility index (Phi) is 3.12. The molecule has 2 rings (SSSR count). The third kappa shape index (κ3) is 2.50. The lowest BCUT2D eigenvalue weighted by Crippen LogP contribution is -2.14. The highest BCUT2D eigenvalue weighted by molar-refractivity contribution is 9.10. The highest BCUT2D eigenvalue weighted by Crippen LogP contribution is 2.27. The topological polar surface area (TPSA) is 12.0 Å². The van der Waals surface area contributed by atoms with E-state index in [9.17, 15) is 0 Å². The van der Waals surface area contributed by atoms with E-state index in [0.29, 0.717) is 6.04 Å². The largest absolute Gasteiger partial charge is 0.382 e. The summed E-state index contributed by atoms with van der Waals surface area (Å²) in [6.45, 7) is 2.34. The zero-order valence-corrected chi connectivity index (χ0v) is 10.0. The zero-order chi connectivity index (χ0) is 9.97. The van der Waals surface area contributed by atoms with Crippen LogP contribution in [-0.4, -0.2) is 6.04 Å². The van der Waals surface area contributed by atoms with Crippen molar-refractivity contribution in [3.05, 3.63) is 28.7 Å². The van der Waals surface area contributed by atoms with Gasteiger partial charge in [0.15, 0.2) is 0 Å². The molecular weight excluding hydrogens is 238 g/mol. The van der Waals surface area contributed by atoms with Crippen LogP contribution in [-0.2, 0) is 0 Å². The van der Waals surface area contributed by atoms with Crippen LogP contribution in [0, 0.1) is 5.92 Å². The van der Waals surface area contributed by atoms with Crippen molar-refractivity contribution < 1.29 is 0 Å². The monoisotopic (exact) mass is 253 g/mol. The molecule has 1 aromatic carbocycles. The SMILES string of the molecule is CC1CCC(Nc2ccc(Br)cc2)C1. The van der Waals surface area contributed by atoms with Crippen molar-refractivity contribution >= 4 is 21.6 Å². The number of rotatable bonds is 2. The van der Waals surface area contributed by atoms with Crippen molar-refractivity contribution in [2.75, 3.05) is 5.32 Å². The van der Waals surface area contributed by atoms with Crippen LogP contribution in [0.5, 0.6) is 0 Å². The minimum Gasteiger partial charge on any atom is -0.382 e. The number of benzene rings is 1. The molecule has 1 N–H and O–H groups in total. The van der Waals surface area contributed by atoms with Crippen molar-refractivity contribution in [2.24, 2.45) is 5.92 Å². The van der Waals surface area contributed by atoms with E-state index in [0.717, 1.165) is 10.4 Å². The Hall–Kier alpha value is -0.500. The van der Waals surface area contributed by atoms with Crippen molar-refractivity contribution in [1.82, 2.24) is 0 Å². The standard InChI is InChI=1S/C12H16BrN/c1-9-2-5-12(8-9)14-11-6-3-10(13)4-7-11/h3-4,6-7,9,12,14H,2,5,8H2,1H3. The van der Waals surface area contributed by atoms with E-state index in [1.165, 1.54) is 24.9 Å². The number of hydrogen-bond acceptors (Lipinski definition) is 1. The molecule has 0 aliphatic heterocycles. The van der Waals surface area contributed by atoms with Gasteiger partial charge in [-0.1, -0.05) is 22.9 Å². The molecule has 1 aromatic rings. The van der Waals surface area contributed by atoms with Gasteiger partial charge < -0.3 is 5.32 Å². The highest BCUT2D eigenvalue weighted by Gasteiger charge is 2.20. The normalized spacial score (nSPS) is 26.4. The Morgan fingerprint density at radius 1 is 1.21 bits per heavy atom. The molecule has 1 nitrogen and oxygen atoms in total. The number of anilines is 1. The minimum absolute atomic E-state index is 0.686. The van der Waals surface area contributed by atoms with E-state index in [1.54, 1.807) is 0 Å². The Labute approximate surface area is 94.0 Å². The number of nitrogens with one attached hydrogen (secondary N) is 1. The van der Waals surface area contributed by atoms with Crippen LogP contribution in [0.3, 0.4) is 0 Å². The van der Waals surface area contributed by atoms with Gasteiger partial charge in [-0.25, -0.2) is 0 Å². The molecule has 0 radical (unpaired) electrons. The summed E-state index contributed by atoms with van der Waals surface area (Å²) in [6.07, 6.45) is 4.00. The molecule has 2 unspecified atom stereocenters. The molecule has 14 heavy (non-hydrogen) atoms. The third-order valence-electron chi connectivity index (χ3n) is 2.91. The Balaban J connectivity index is 1.94. The molecule has 1 aliphatic rings. The lowest BCUT2D eigenvalue weighted by atomic mass is 10.1. The van der Waals surface area contributed by atoms with Gasteiger partial charge in [-0.2, -0.15) is 0 Å². The van der Waals surface area contributed by atoms with Crippen LogP contribution >= 0.6 is 15.9 Å². The van der Waals surface area contributed by atoms with E-state index >= 15 is 0 Å². The minimum atomic E-state index is 0.686. The summed E-state index contributed by atoms with van der Waals surface area (Å²) in [6, 6.07) is 9.12. The van der Waals surface area contributed by atoms with Crippen molar-refractivity contribution in [1.29, 1.82) is 0 Å². The van der Waals surface area contributed by atoms with Gasteiger partial charge >= 0.3 is 0 Å². The Morgan fingerprint density at radius 2 is 1.93 bits per heavy atom. The van der Waals surface area contributed by atoms with Gasteiger partial charge in [0.25, 0.3) is 0 Å². The van der Waals surface area contributed by atoms with Gasteiger partial charge in [0.2, 0.25) is 0 Å². The van der Waals surface area contributed by atoms with Crippen LogP contribution in [0.15, 0.2) is 28.7 Å². The van der Waals surface area contributed by atoms with Crippen LogP contribution in [0.4, 0.5) is 5.69 Å². The fourth-order valence-electron chi connectivity index (χ4n) is 2.12. The molecule has 2 heteroatoms. The van der Waals surface area contributed by atoms with E-state index in [-0.39, 0.29) is 0 Å². The van der Waals surface area contributed by atoms with E-state index in [2.05, 4.69) is 52.4 Å². The predicted octanol–water partition coefficient (Wildman–Crippen LogP) is 4.05. The molecule has 0 bridgehead atoms. The maximum Gasteiger partial charge on any atom is 0.0343 e. The zero-order valence-electron chi connectivity index (χ0n) is 8.46. The van der Waals surface area contributed by atoms with E-state index in [1.807, 2.05) is 0 Å². The second-order valence-corrected chi connectivity index (χ2v) is 5.18. The molecule has 1 saturated carbocycles. The maximum atomic E-state index is 3.58. The first-order valence-corrected chi connectivity index (χ1v) is 6.05. The van der Waals surface area contributed by atoms with Crippen LogP contribution < -0.4 is 5.32 Å². The van der Waals surface area contributed by atoms with Crippen LogP contribution in [0.2, 0.25) is 0 Å². The van der Waals surface area contributed by atoms with Crippen molar-refractivity contribution in [2.45, 2.75) is 32.2 Å². The summed E-state index contributed by atoms with van der Waals surface area (Å²) in [5.74, 6) is 0.892. The Bertz CT molecular complexity index is 294. The fraction of sp³-hybridized carbons (Fsp3) is 0.500. The van der Waals surface area contributed by atoms with E-state index in [4.69, 9.17) is 0 Å². The molecule has 0 spiro atoms. The molecule has 1 aliphatic carbocycles. The summed E-state index contributed by atoms with van der Waals surface area (Å²) in [5, 5.41) is 3.58. The summed E-state index contributed by atoms with van der Waals surface area (Å²) >= 11 is 3.44. The first kappa shape index (κ1) is 10.0. The average Bonchev–Trinajstić information content (AvgIpc) is 2.56. The first-order chi connectivity index (χ1) is 6.74. The molecule has 0 aromatic heterocycles. The van der Waals surface area contributed by atoms with Gasteiger partial charge in [0.1, 0.15) is 0 Å². The highest BCUT2D eigenvalue weighted by atomic mass is 79.9. The predicted molar refractivity (Wildman–Crippen MR) is 64.6 cm³/mol. The lowest BCUT2D eigenvalue weighted by molar-refractivity contribution is 0.602. The molecule has 0 saturated heterocycles. The van der Waals surface area contributed by atoms with Gasteiger partial charge in [-0.3, -0.25) is 0 Å². The number of halogens is 1. The Morgan fingerprint density at radius 3 is 2.50 bits per heavy atom. The molecule has 2 atom stereocenters. The van der Waals surface area contributed by atoms with Crippen LogP contribution in [0.1, 0.15) is 26.2 Å². The van der Waals surface area contributed by atoms with E-state index < -0.39 is 0 Å². The molecule has 76 valence electrons. The van der Waals surface area contributed by atoms with Gasteiger partial charge in [0, 0.05) is 16.2 Å². The smallest absolute Gasteiger partial charge is 0.0343 e. The second kappa shape index (κ2) is 4.35. The first-order valence-electron chi connectivity index (χ1n) is 5.26. The average molecular weight is 254 g/mol. The summed E-state index contributed by atoms with van der Waals surface area (Å²) in [7, 11) is 0.